The highest BCUT2D eigenvalue weighted by atomic mass is 35.5. The summed E-state index contributed by atoms with van der Waals surface area (Å²) in [5, 5.41) is 6.26. The number of fused-ring (bicyclic) bond motifs is 1. The number of amides is 2. The minimum atomic E-state index is -0.258. The second-order valence-corrected chi connectivity index (χ2v) is 7.17. The first kappa shape index (κ1) is 19.7. The van der Waals surface area contributed by atoms with Crippen LogP contribution in [0.5, 0.6) is 0 Å². The zero-order chi connectivity index (χ0) is 21.1. The number of rotatable bonds is 6. The van der Waals surface area contributed by atoms with Crippen molar-refractivity contribution in [3.8, 4) is 0 Å². The minimum Gasteiger partial charge on any atom is -0.459 e. The fourth-order valence-corrected chi connectivity index (χ4v) is 3.26. The van der Waals surface area contributed by atoms with E-state index in [1.54, 1.807) is 36.4 Å². The van der Waals surface area contributed by atoms with E-state index in [1.807, 2.05) is 29.8 Å². The summed E-state index contributed by atoms with van der Waals surface area (Å²) in [5.74, 6) is 0.626. The van der Waals surface area contributed by atoms with Crippen molar-refractivity contribution < 1.29 is 14.0 Å². The third kappa shape index (κ3) is 4.21. The molecule has 4 aromatic rings. The summed E-state index contributed by atoms with van der Waals surface area (Å²) in [6.45, 7) is 0.427. The molecule has 2 aromatic heterocycles. The molecule has 0 aliphatic heterocycles. The molecule has 0 bridgehead atoms. The lowest BCUT2D eigenvalue weighted by molar-refractivity contribution is 0.0925. The van der Waals surface area contributed by atoms with Crippen LogP contribution in [0.3, 0.4) is 0 Å². The van der Waals surface area contributed by atoms with Crippen LogP contribution in [0.2, 0.25) is 5.02 Å². The summed E-state index contributed by atoms with van der Waals surface area (Å²) >= 11 is 5.87. The van der Waals surface area contributed by atoms with E-state index in [9.17, 15) is 9.59 Å². The topological polar surface area (TPSA) is 89.2 Å². The van der Waals surface area contributed by atoms with Gasteiger partial charge in [-0.05, 0) is 54.6 Å². The minimum absolute atomic E-state index is 0.220. The maximum atomic E-state index is 12.4. The third-order valence-corrected chi connectivity index (χ3v) is 4.97. The molecule has 0 saturated heterocycles. The van der Waals surface area contributed by atoms with Crippen LogP contribution in [0.1, 0.15) is 26.7 Å². The summed E-state index contributed by atoms with van der Waals surface area (Å²) in [6, 6.07) is 15.6. The smallest absolute Gasteiger partial charge is 0.286 e. The summed E-state index contributed by atoms with van der Waals surface area (Å²) in [5.41, 5.74) is 2.87. The van der Waals surface area contributed by atoms with Gasteiger partial charge < -0.3 is 19.6 Å². The zero-order valence-electron chi connectivity index (χ0n) is 16.2. The number of nitrogens with zero attached hydrogens (tertiary/aromatic N) is 2. The number of hydrogen-bond donors (Lipinski definition) is 2. The molecule has 4 rings (SSSR count). The van der Waals surface area contributed by atoms with Gasteiger partial charge in [-0.1, -0.05) is 11.6 Å². The molecule has 0 fully saturated rings. The van der Waals surface area contributed by atoms with E-state index in [1.165, 1.54) is 6.26 Å². The second-order valence-electron chi connectivity index (χ2n) is 6.73. The van der Waals surface area contributed by atoms with Crippen molar-refractivity contribution in [1.82, 2.24) is 14.9 Å². The number of hydrogen-bond acceptors (Lipinski definition) is 4. The Balaban J connectivity index is 1.44. The van der Waals surface area contributed by atoms with E-state index in [4.69, 9.17) is 16.0 Å². The molecule has 2 aromatic carbocycles. The van der Waals surface area contributed by atoms with Crippen LogP contribution in [-0.4, -0.2) is 27.9 Å². The molecule has 0 atom stereocenters. The number of halogens is 1. The lowest BCUT2D eigenvalue weighted by atomic mass is 10.2. The number of aryl methyl sites for hydroxylation is 1. The van der Waals surface area contributed by atoms with Crippen LogP contribution < -0.4 is 10.6 Å². The molecular formula is C22H19ClN4O3. The predicted octanol–water partition coefficient (Wildman–Crippen LogP) is 4.04. The van der Waals surface area contributed by atoms with Crippen LogP contribution >= 0.6 is 11.6 Å². The van der Waals surface area contributed by atoms with E-state index in [0.29, 0.717) is 29.2 Å². The molecule has 0 radical (unpaired) electrons. The summed E-state index contributed by atoms with van der Waals surface area (Å²) in [4.78, 5) is 29.0. The summed E-state index contributed by atoms with van der Waals surface area (Å²) in [6.07, 6.45) is 2.02. The Labute approximate surface area is 177 Å². The molecule has 0 spiro atoms. The molecule has 2 heterocycles. The summed E-state index contributed by atoms with van der Waals surface area (Å²) in [7, 11) is 1.92. The molecule has 8 heteroatoms. The number of nitrogens with one attached hydrogen (secondary N) is 2. The zero-order valence-corrected chi connectivity index (χ0v) is 16.9. The molecule has 0 unspecified atom stereocenters. The Morgan fingerprint density at radius 2 is 1.90 bits per heavy atom. The van der Waals surface area contributed by atoms with Crippen LogP contribution in [0.15, 0.2) is 65.3 Å². The molecule has 30 heavy (non-hydrogen) atoms. The van der Waals surface area contributed by atoms with Gasteiger partial charge in [0.1, 0.15) is 5.82 Å². The normalized spacial score (nSPS) is 10.9. The number of anilines is 1. The van der Waals surface area contributed by atoms with Gasteiger partial charge in [0.25, 0.3) is 11.8 Å². The maximum absolute atomic E-state index is 12.4. The van der Waals surface area contributed by atoms with Crippen LogP contribution in [0.4, 0.5) is 5.69 Å². The molecular weight excluding hydrogens is 404 g/mol. The molecule has 152 valence electrons. The molecule has 2 amide bonds. The standard InChI is InChI=1S/C22H19ClN4O3/c1-27-18-9-8-16(25-21(28)14-4-6-15(23)7-5-14)13-17(18)26-20(27)10-11-24-22(29)19-3-2-12-30-19/h2-9,12-13H,10-11H2,1H3,(H,24,29)(H,25,28). The number of imidazole rings is 1. The lowest BCUT2D eigenvalue weighted by Crippen LogP contribution is -2.25. The van der Waals surface area contributed by atoms with E-state index in [-0.39, 0.29) is 17.6 Å². The van der Waals surface area contributed by atoms with Crippen molar-refractivity contribution >= 4 is 40.1 Å². The van der Waals surface area contributed by atoms with Crippen molar-refractivity contribution in [2.45, 2.75) is 6.42 Å². The van der Waals surface area contributed by atoms with Crippen molar-refractivity contribution in [3.05, 3.63) is 83.0 Å². The second kappa shape index (κ2) is 8.42. The van der Waals surface area contributed by atoms with Crippen LogP contribution in [0.25, 0.3) is 11.0 Å². The predicted molar refractivity (Wildman–Crippen MR) is 115 cm³/mol. The van der Waals surface area contributed by atoms with Crippen molar-refractivity contribution in [3.63, 3.8) is 0 Å². The Bertz CT molecular complexity index is 1200. The van der Waals surface area contributed by atoms with Gasteiger partial charge in [0.05, 0.1) is 17.3 Å². The molecule has 7 nitrogen and oxygen atoms in total. The van der Waals surface area contributed by atoms with Gasteiger partial charge in [-0.15, -0.1) is 0 Å². The van der Waals surface area contributed by atoms with Gasteiger partial charge in [0.2, 0.25) is 0 Å². The van der Waals surface area contributed by atoms with Gasteiger partial charge in [-0.2, -0.15) is 0 Å². The summed E-state index contributed by atoms with van der Waals surface area (Å²) < 4.78 is 7.05. The van der Waals surface area contributed by atoms with E-state index in [0.717, 1.165) is 16.9 Å². The van der Waals surface area contributed by atoms with Crippen molar-refractivity contribution in [1.29, 1.82) is 0 Å². The van der Waals surface area contributed by atoms with Gasteiger partial charge in [-0.25, -0.2) is 4.98 Å². The quantitative estimate of drug-likeness (QED) is 0.490. The van der Waals surface area contributed by atoms with E-state index < -0.39 is 0 Å². The Morgan fingerprint density at radius 1 is 1.10 bits per heavy atom. The first-order valence-corrected chi connectivity index (χ1v) is 9.73. The van der Waals surface area contributed by atoms with E-state index >= 15 is 0 Å². The first-order chi connectivity index (χ1) is 14.5. The SMILES string of the molecule is Cn1c(CCNC(=O)c2ccco2)nc2cc(NC(=O)c3ccc(Cl)cc3)ccc21. The number of carbonyl (C=O) groups excluding carboxylic acids is 2. The fraction of sp³-hybridized carbons (Fsp3) is 0.136. The van der Waals surface area contributed by atoms with Crippen LogP contribution in [-0.2, 0) is 13.5 Å². The van der Waals surface area contributed by atoms with Gasteiger partial charge in [0.15, 0.2) is 5.76 Å². The monoisotopic (exact) mass is 422 g/mol. The Hall–Kier alpha value is -3.58. The maximum Gasteiger partial charge on any atom is 0.286 e. The van der Waals surface area contributed by atoms with Gasteiger partial charge in [-0.3, -0.25) is 9.59 Å². The number of carbonyl (C=O) groups is 2. The highest BCUT2D eigenvalue weighted by molar-refractivity contribution is 6.30. The highest BCUT2D eigenvalue weighted by Crippen LogP contribution is 2.21. The average Bonchev–Trinajstić information content (AvgIpc) is 3.37. The van der Waals surface area contributed by atoms with Crippen molar-refractivity contribution in [2.75, 3.05) is 11.9 Å². The van der Waals surface area contributed by atoms with E-state index in [2.05, 4.69) is 15.6 Å². The lowest BCUT2D eigenvalue weighted by Gasteiger charge is -2.06. The number of benzene rings is 2. The number of aromatic nitrogens is 2. The first-order valence-electron chi connectivity index (χ1n) is 9.35. The van der Waals surface area contributed by atoms with Gasteiger partial charge >= 0.3 is 0 Å². The Kier molecular flexibility index (Phi) is 5.54. The molecule has 0 aliphatic carbocycles. The van der Waals surface area contributed by atoms with Crippen LogP contribution in [0, 0.1) is 0 Å². The highest BCUT2D eigenvalue weighted by Gasteiger charge is 2.12. The van der Waals surface area contributed by atoms with Crippen molar-refractivity contribution in [2.24, 2.45) is 7.05 Å². The largest absolute Gasteiger partial charge is 0.459 e. The number of furan rings is 1. The third-order valence-electron chi connectivity index (χ3n) is 4.72. The molecule has 2 N–H and O–H groups in total. The fourth-order valence-electron chi connectivity index (χ4n) is 3.14. The van der Waals surface area contributed by atoms with Gasteiger partial charge in [0, 0.05) is 36.3 Å². The molecule has 0 aliphatic rings. The average molecular weight is 423 g/mol. The Morgan fingerprint density at radius 3 is 2.63 bits per heavy atom. The molecule has 0 saturated carbocycles.